The number of nitrogens with one attached hydrogen (secondary N) is 1. The SMILES string of the molecule is COC(=O)c1c(-c2ccc(C)cc2)csc1NC(=O)CSc1nnc(COc2ccc(C)c(C)c2)n1C. The predicted octanol–water partition coefficient (Wildman–Crippen LogP) is 5.57. The van der Waals surface area contributed by atoms with Gasteiger partial charge < -0.3 is 19.4 Å². The minimum atomic E-state index is -0.499. The van der Waals surface area contributed by atoms with Crippen molar-refractivity contribution >= 4 is 40.0 Å². The Labute approximate surface area is 224 Å². The monoisotopic (exact) mass is 536 g/mol. The molecule has 192 valence electrons. The molecule has 10 heteroatoms. The van der Waals surface area contributed by atoms with Crippen LogP contribution in [0.2, 0.25) is 0 Å². The zero-order chi connectivity index (χ0) is 26.5. The predicted molar refractivity (Wildman–Crippen MR) is 146 cm³/mol. The molecule has 0 aliphatic carbocycles. The Morgan fingerprint density at radius 3 is 2.51 bits per heavy atom. The molecule has 0 atom stereocenters. The van der Waals surface area contributed by atoms with Crippen molar-refractivity contribution < 1.29 is 19.1 Å². The molecule has 2 aromatic carbocycles. The highest BCUT2D eigenvalue weighted by Gasteiger charge is 2.22. The molecule has 0 unspecified atom stereocenters. The van der Waals surface area contributed by atoms with E-state index >= 15 is 0 Å². The number of ether oxygens (including phenoxy) is 2. The van der Waals surface area contributed by atoms with Gasteiger partial charge in [0.25, 0.3) is 0 Å². The second-order valence-electron chi connectivity index (χ2n) is 8.54. The van der Waals surface area contributed by atoms with Crippen LogP contribution in [0.5, 0.6) is 5.75 Å². The molecule has 2 heterocycles. The standard InChI is InChI=1S/C27H28N4O4S2/c1-16-6-9-19(10-7-16)21-14-36-25(24(21)26(33)34-5)28-23(32)15-37-27-30-29-22(31(27)4)13-35-20-11-8-17(2)18(3)12-20/h6-12,14H,13,15H2,1-5H3,(H,28,32). The normalized spacial score (nSPS) is 10.8. The minimum Gasteiger partial charge on any atom is -0.486 e. The Balaban J connectivity index is 1.39. The van der Waals surface area contributed by atoms with Gasteiger partial charge in [0, 0.05) is 18.0 Å². The number of benzene rings is 2. The van der Waals surface area contributed by atoms with Gasteiger partial charge in [-0.1, -0.05) is 47.7 Å². The van der Waals surface area contributed by atoms with Gasteiger partial charge in [0.1, 0.15) is 22.9 Å². The Morgan fingerprint density at radius 1 is 1.05 bits per heavy atom. The van der Waals surface area contributed by atoms with Crippen molar-refractivity contribution in [3.63, 3.8) is 0 Å². The fourth-order valence-electron chi connectivity index (χ4n) is 3.54. The third kappa shape index (κ3) is 6.20. The van der Waals surface area contributed by atoms with Crippen LogP contribution in [0, 0.1) is 20.8 Å². The van der Waals surface area contributed by atoms with Crippen molar-refractivity contribution in [2.75, 3.05) is 18.2 Å². The van der Waals surface area contributed by atoms with Gasteiger partial charge in [-0.25, -0.2) is 4.79 Å². The number of esters is 1. The van der Waals surface area contributed by atoms with Crippen molar-refractivity contribution in [2.24, 2.45) is 7.05 Å². The van der Waals surface area contributed by atoms with Crippen LogP contribution in [-0.4, -0.2) is 39.5 Å². The summed E-state index contributed by atoms with van der Waals surface area (Å²) in [5, 5.41) is 14.1. The van der Waals surface area contributed by atoms with E-state index in [0.717, 1.165) is 28.0 Å². The number of carbonyl (C=O) groups excluding carboxylic acids is 2. The lowest BCUT2D eigenvalue weighted by molar-refractivity contribution is -0.113. The molecule has 0 radical (unpaired) electrons. The van der Waals surface area contributed by atoms with Crippen LogP contribution in [0.3, 0.4) is 0 Å². The molecule has 0 aliphatic rings. The van der Waals surface area contributed by atoms with Crippen molar-refractivity contribution in [2.45, 2.75) is 32.5 Å². The topological polar surface area (TPSA) is 95.3 Å². The quantitative estimate of drug-likeness (QED) is 0.221. The molecular formula is C27H28N4O4S2. The molecule has 1 amide bonds. The highest BCUT2D eigenvalue weighted by Crippen LogP contribution is 2.36. The van der Waals surface area contributed by atoms with Gasteiger partial charge in [-0.05, 0) is 49.6 Å². The van der Waals surface area contributed by atoms with Crippen LogP contribution in [0.4, 0.5) is 5.00 Å². The summed E-state index contributed by atoms with van der Waals surface area (Å²) in [6, 6.07) is 13.8. The molecule has 8 nitrogen and oxygen atoms in total. The van der Waals surface area contributed by atoms with E-state index in [-0.39, 0.29) is 18.3 Å². The number of thiophene rings is 1. The summed E-state index contributed by atoms with van der Waals surface area (Å²) < 4.78 is 12.7. The maximum absolute atomic E-state index is 12.8. The number of hydrogen-bond acceptors (Lipinski definition) is 8. The first-order valence-electron chi connectivity index (χ1n) is 11.5. The number of amides is 1. The number of aryl methyl sites for hydroxylation is 3. The zero-order valence-corrected chi connectivity index (χ0v) is 23.0. The van der Waals surface area contributed by atoms with E-state index in [2.05, 4.69) is 22.4 Å². The van der Waals surface area contributed by atoms with Gasteiger partial charge in [0.2, 0.25) is 5.91 Å². The molecule has 4 aromatic rings. The van der Waals surface area contributed by atoms with Crippen LogP contribution in [-0.2, 0) is 23.2 Å². The maximum atomic E-state index is 12.8. The molecule has 0 aliphatic heterocycles. The molecule has 1 N–H and O–H groups in total. The molecule has 37 heavy (non-hydrogen) atoms. The lowest BCUT2D eigenvalue weighted by atomic mass is 10.0. The minimum absolute atomic E-state index is 0.0996. The lowest BCUT2D eigenvalue weighted by Gasteiger charge is -2.09. The van der Waals surface area contributed by atoms with E-state index in [1.54, 1.807) is 4.57 Å². The van der Waals surface area contributed by atoms with Crippen molar-refractivity contribution in [1.82, 2.24) is 14.8 Å². The maximum Gasteiger partial charge on any atom is 0.341 e. The Morgan fingerprint density at radius 2 is 1.81 bits per heavy atom. The lowest BCUT2D eigenvalue weighted by Crippen LogP contribution is -2.16. The second-order valence-corrected chi connectivity index (χ2v) is 10.4. The molecule has 0 spiro atoms. The van der Waals surface area contributed by atoms with Gasteiger partial charge >= 0.3 is 5.97 Å². The van der Waals surface area contributed by atoms with Crippen LogP contribution in [0.1, 0.15) is 32.9 Å². The highest BCUT2D eigenvalue weighted by molar-refractivity contribution is 7.99. The number of nitrogens with zero attached hydrogens (tertiary/aromatic N) is 3. The first-order valence-corrected chi connectivity index (χ1v) is 13.4. The van der Waals surface area contributed by atoms with Crippen molar-refractivity contribution in [1.29, 1.82) is 0 Å². The summed E-state index contributed by atoms with van der Waals surface area (Å²) in [6.45, 7) is 6.36. The molecular weight excluding hydrogens is 508 g/mol. The fraction of sp³-hybridized carbons (Fsp3) is 0.259. The van der Waals surface area contributed by atoms with E-state index in [4.69, 9.17) is 9.47 Å². The van der Waals surface area contributed by atoms with E-state index < -0.39 is 5.97 Å². The Hall–Kier alpha value is -3.63. The summed E-state index contributed by atoms with van der Waals surface area (Å²) in [6.07, 6.45) is 0. The molecule has 0 bridgehead atoms. The van der Waals surface area contributed by atoms with Crippen LogP contribution in [0.15, 0.2) is 53.0 Å². The van der Waals surface area contributed by atoms with Gasteiger partial charge in [-0.3, -0.25) is 4.79 Å². The van der Waals surface area contributed by atoms with Crippen molar-refractivity contribution in [3.05, 3.63) is 75.9 Å². The second kappa shape index (κ2) is 11.6. The zero-order valence-electron chi connectivity index (χ0n) is 21.3. The third-order valence-electron chi connectivity index (χ3n) is 5.90. The van der Waals surface area contributed by atoms with Crippen molar-refractivity contribution in [3.8, 4) is 16.9 Å². The van der Waals surface area contributed by atoms with Gasteiger partial charge in [-0.15, -0.1) is 21.5 Å². The smallest absolute Gasteiger partial charge is 0.341 e. The van der Waals surface area contributed by atoms with Crippen LogP contribution in [0.25, 0.3) is 11.1 Å². The average molecular weight is 537 g/mol. The van der Waals surface area contributed by atoms with Crippen LogP contribution < -0.4 is 10.1 Å². The Bertz CT molecular complexity index is 1430. The molecule has 2 aromatic heterocycles. The summed E-state index contributed by atoms with van der Waals surface area (Å²) in [4.78, 5) is 25.3. The number of aromatic nitrogens is 3. The first-order chi connectivity index (χ1) is 17.8. The van der Waals surface area contributed by atoms with E-state index in [0.29, 0.717) is 21.5 Å². The number of anilines is 1. The van der Waals surface area contributed by atoms with Gasteiger partial charge in [0.05, 0.1) is 12.9 Å². The highest BCUT2D eigenvalue weighted by atomic mass is 32.2. The summed E-state index contributed by atoms with van der Waals surface area (Å²) in [5.41, 5.74) is 5.43. The molecule has 0 saturated heterocycles. The summed E-state index contributed by atoms with van der Waals surface area (Å²) in [5.74, 6) is 0.754. The first kappa shape index (κ1) is 26.4. The molecule has 0 fully saturated rings. The van der Waals surface area contributed by atoms with E-state index in [1.807, 2.05) is 68.7 Å². The fourth-order valence-corrected chi connectivity index (χ4v) is 5.24. The number of hydrogen-bond donors (Lipinski definition) is 1. The molecule has 4 rings (SSSR count). The van der Waals surface area contributed by atoms with E-state index in [1.165, 1.54) is 35.8 Å². The third-order valence-corrected chi connectivity index (χ3v) is 7.82. The number of methoxy groups -OCH3 is 1. The molecule has 0 saturated carbocycles. The number of carbonyl (C=O) groups is 2. The average Bonchev–Trinajstić information content (AvgIpc) is 3.46. The number of rotatable bonds is 9. The van der Waals surface area contributed by atoms with E-state index in [9.17, 15) is 9.59 Å². The summed E-state index contributed by atoms with van der Waals surface area (Å²) in [7, 11) is 3.16. The van der Waals surface area contributed by atoms with Crippen LogP contribution >= 0.6 is 23.1 Å². The number of thioether (sulfide) groups is 1. The van der Waals surface area contributed by atoms with Gasteiger partial charge in [0.15, 0.2) is 11.0 Å². The summed E-state index contributed by atoms with van der Waals surface area (Å²) >= 11 is 2.55. The van der Waals surface area contributed by atoms with Gasteiger partial charge in [-0.2, -0.15) is 0 Å². The largest absolute Gasteiger partial charge is 0.486 e. The Kier molecular flexibility index (Phi) is 8.30.